The molecule has 16 heteroatoms. The van der Waals surface area contributed by atoms with E-state index in [1.165, 1.54) is 116 Å². The summed E-state index contributed by atoms with van der Waals surface area (Å²) in [4.78, 5) is 47.6. The molecule has 2 unspecified atom stereocenters. The molecule has 0 bridgehead atoms. The fourth-order valence-corrected chi connectivity index (χ4v) is 7.41. The number of esters is 3. The number of carbonyl (C=O) groups excluding carboxylic acids is 3. The second kappa shape index (κ2) is 46.0. The number of aliphatic hydroxyl groups excluding tert-OH is 1. The van der Waals surface area contributed by atoms with Crippen LogP contribution in [0.5, 0.6) is 0 Å². The van der Waals surface area contributed by atoms with E-state index in [1.807, 2.05) is 0 Å². The van der Waals surface area contributed by atoms with Crippen molar-refractivity contribution in [2.45, 2.75) is 231 Å². The minimum absolute atomic E-state index is 0. The first-order valence-electron chi connectivity index (χ1n) is 23.5. The monoisotopic (exact) mass is 923 g/mol. The predicted molar refractivity (Wildman–Crippen MR) is 228 cm³/mol. The molecule has 0 aromatic heterocycles. The highest BCUT2D eigenvalue weighted by molar-refractivity contribution is 7.47. The van der Waals surface area contributed by atoms with Gasteiger partial charge in [0.2, 0.25) is 0 Å². The Morgan fingerprint density at radius 3 is 1.37 bits per heavy atom. The van der Waals surface area contributed by atoms with Gasteiger partial charge in [-0.05, 0) is 25.7 Å². The molecule has 0 heterocycles. The number of carbonyl (C=O) groups is 3. The van der Waals surface area contributed by atoms with Gasteiger partial charge in [-0.25, -0.2) is 9.36 Å². The molecule has 0 amide bonds. The number of hydrogen-bond acceptors (Lipinski definition) is 10. The highest BCUT2D eigenvalue weighted by Crippen LogP contribution is 2.43. The fourth-order valence-electron chi connectivity index (χ4n) is 6.62. The zero-order chi connectivity index (χ0) is 43.0. The van der Waals surface area contributed by atoms with Crippen molar-refractivity contribution in [1.82, 2.24) is 0 Å². The molecule has 360 valence electrons. The van der Waals surface area contributed by atoms with Crippen molar-refractivity contribution >= 4 is 25.7 Å². The van der Waals surface area contributed by atoms with Gasteiger partial charge in [-0.15, -0.1) is 0 Å². The Labute approximate surface area is 377 Å². The third kappa shape index (κ3) is 43.6. The van der Waals surface area contributed by atoms with Gasteiger partial charge < -0.3 is 60.5 Å². The quantitative estimate of drug-likeness (QED) is 0.0302. The Hall–Kier alpha value is -1.02. The van der Waals surface area contributed by atoms with E-state index >= 15 is 0 Å². The number of phosphoric ester groups is 1. The molecule has 8 N–H and O–H groups in total. The fraction of sp³-hybridized carbons (Fsp3) is 0.932. The Morgan fingerprint density at radius 2 is 0.933 bits per heavy atom. The average molecular weight is 924 g/mol. The molecule has 0 spiro atoms. The number of ether oxygens (including phenoxy) is 3. The van der Waals surface area contributed by atoms with Crippen LogP contribution in [0.25, 0.3) is 0 Å². The molecule has 0 aromatic rings. The van der Waals surface area contributed by atoms with Gasteiger partial charge in [0.1, 0.15) is 19.3 Å². The molecule has 0 aromatic carbocycles. The molecule has 0 rings (SSSR count). The van der Waals surface area contributed by atoms with Crippen molar-refractivity contribution in [3.8, 4) is 0 Å². The molecular formula is C44H89Cl2N2O11P. The number of quaternary nitrogens is 2. The first-order chi connectivity index (χ1) is 28.0. The summed E-state index contributed by atoms with van der Waals surface area (Å²) in [5.41, 5.74) is 7.53. The van der Waals surface area contributed by atoms with Gasteiger partial charge in [-0.1, -0.05) is 168 Å². The van der Waals surface area contributed by atoms with E-state index in [2.05, 4.69) is 25.3 Å². The Morgan fingerprint density at radius 1 is 0.533 bits per heavy atom. The zero-order valence-corrected chi connectivity index (χ0v) is 40.3. The molecular weight excluding hydrogens is 834 g/mol. The van der Waals surface area contributed by atoms with Crippen molar-refractivity contribution in [3.05, 3.63) is 0 Å². The SMILES string of the molecule is CCCCCCCCCCCCCCCC(=O)OC[C@H](COP(=O)(O)OCC(O)COC(=O)[C@@H]([NH3+])CCCC[NH3+])OC(=O)CCCCCCCCCCCCCCC.[Cl-].[Cl-]. The molecule has 0 saturated carbocycles. The van der Waals surface area contributed by atoms with Crippen LogP contribution in [0, 0.1) is 0 Å². The van der Waals surface area contributed by atoms with E-state index in [4.69, 9.17) is 23.3 Å². The van der Waals surface area contributed by atoms with Crippen molar-refractivity contribution in [3.63, 3.8) is 0 Å². The summed E-state index contributed by atoms with van der Waals surface area (Å²) < 4.78 is 38.6. The summed E-state index contributed by atoms with van der Waals surface area (Å²) in [5.74, 6) is -1.53. The van der Waals surface area contributed by atoms with Crippen LogP contribution in [-0.4, -0.2) is 79.1 Å². The van der Waals surface area contributed by atoms with Crippen molar-refractivity contribution in [2.75, 3.05) is 33.0 Å². The molecule has 13 nitrogen and oxygen atoms in total. The molecule has 0 aliphatic rings. The maximum absolute atomic E-state index is 12.7. The van der Waals surface area contributed by atoms with Gasteiger partial charge in [0.05, 0.1) is 19.8 Å². The van der Waals surface area contributed by atoms with Crippen LogP contribution in [0.4, 0.5) is 0 Å². The van der Waals surface area contributed by atoms with E-state index < -0.39 is 63.8 Å². The van der Waals surface area contributed by atoms with E-state index in [0.29, 0.717) is 19.3 Å². The van der Waals surface area contributed by atoms with Crippen LogP contribution in [0.1, 0.15) is 213 Å². The summed E-state index contributed by atoms with van der Waals surface area (Å²) in [6, 6.07) is -0.598. The van der Waals surface area contributed by atoms with Gasteiger partial charge >= 0.3 is 25.7 Å². The molecule has 0 radical (unpaired) electrons. The predicted octanol–water partition coefficient (Wildman–Crippen LogP) is 2.47. The lowest BCUT2D eigenvalue weighted by atomic mass is 10.0. The third-order valence-corrected chi connectivity index (χ3v) is 11.3. The van der Waals surface area contributed by atoms with Gasteiger partial charge in [0.25, 0.3) is 0 Å². The van der Waals surface area contributed by atoms with Crippen molar-refractivity contribution in [2.24, 2.45) is 0 Å². The number of hydrogen-bond donors (Lipinski definition) is 4. The highest BCUT2D eigenvalue weighted by atomic mass is 35.5. The molecule has 60 heavy (non-hydrogen) atoms. The molecule has 0 aliphatic heterocycles. The molecule has 0 saturated heterocycles. The first-order valence-corrected chi connectivity index (χ1v) is 25.0. The summed E-state index contributed by atoms with van der Waals surface area (Å²) in [6.07, 6.45) is 31.0. The Balaban J connectivity index is -0.0000162. The van der Waals surface area contributed by atoms with Crippen LogP contribution >= 0.6 is 7.82 Å². The largest absolute Gasteiger partial charge is 1.00 e. The minimum atomic E-state index is -4.72. The number of unbranched alkanes of at least 4 members (excludes halogenated alkanes) is 25. The average Bonchev–Trinajstić information content (AvgIpc) is 3.20. The Kier molecular flexibility index (Phi) is 48.5. The molecule has 4 atom stereocenters. The van der Waals surface area contributed by atoms with E-state index in [0.717, 1.165) is 57.9 Å². The van der Waals surface area contributed by atoms with Gasteiger partial charge in [0, 0.05) is 19.3 Å². The highest BCUT2D eigenvalue weighted by Gasteiger charge is 2.28. The number of aliphatic hydroxyl groups is 1. The van der Waals surface area contributed by atoms with Gasteiger partial charge in [-0.2, -0.15) is 0 Å². The Bertz CT molecular complexity index is 1030. The number of rotatable bonds is 44. The van der Waals surface area contributed by atoms with Crippen LogP contribution in [0.2, 0.25) is 0 Å². The third-order valence-electron chi connectivity index (χ3n) is 10.4. The topological polar surface area (TPSA) is 210 Å². The van der Waals surface area contributed by atoms with Crippen molar-refractivity contribution < 1.29 is 88.5 Å². The zero-order valence-electron chi connectivity index (χ0n) is 37.9. The smallest absolute Gasteiger partial charge is 0.472 e. The summed E-state index contributed by atoms with van der Waals surface area (Å²) in [7, 11) is -4.72. The van der Waals surface area contributed by atoms with E-state index in [9.17, 15) is 28.9 Å². The van der Waals surface area contributed by atoms with E-state index in [-0.39, 0.29) is 44.3 Å². The summed E-state index contributed by atoms with van der Waals surface area (Å²) in [6.45, 7) is 3.24. The van der Waals surface area contributed by atoms with Crippen LogP contribution < -0.4 is 36.3 Å². The van der Waals surface area contributed by atoms with Crippen molar-refractivity contribution in [1.29, 1.82) is 0 Å². The lowest BCUT2D eigenvalue weighted by Gasteiger charge is -2.20. The lowest BCUT2D eigenvalue weighted by Crippen LogP contribution is -3.00. The normalized spacial score (nSPS) is 13.6. The first kappa shape index (κ1) is 63.3. The summed E-state index contributed by atoms with van der Waals surface area (Å²) >= 11 is 0. The van der Waals surface area contributed by atoms with Gasteiger partial charge in [-0.3, -0.25) is 18.6 Å². The number of halogens is 2. The van der Waals surface area contributed by atoms with E-state index in [1.54, 1.807) is 0 Å². The second-order valence-electron chi connectivity index (χ2n) is 16.2. The molecule has 0 aliphatic carbocycles. The molecule has 0 fully saturated rings. The standard InChI is InChI=1S/C44H87N2O11P.2ClH/c1-3-5-7-9-11-13-15-17-19-21-23-25-27-32-42(48)53-37-40(57-43(49)33-28-26-24-22-20-18-16-14-12-10-8-6-4-2)38-56-58(51,52)55-36-39(47)35-54-44(50)41(46)31-29-30-34-45;;/h39-41,47H,3-38,45-46H2,1-2H3,(H,51,52);2*1H/t39?,40-,41+;;/m1../s1. The number of phosphoric acid groups is 1. The maximum Gasteiger partial charge on any atom is 0.472 e. The van der Waals surface area contributed by atoms with Crippen LogP contribution in [-0.2, 0) is 42.2 Å². The lowest BCUT2D eigenvalue weighted by molar-refractivity contribution is -0.410. The maximum atomic E-state index is 12.7. The van der Waals surface area contributed by atoms with Gasteiger partial charge in [0.15, 0.2) is 12.1 Å². The minimum Gasteiger partial charge on any atom is -1.00 e. The second-order valence-corrected chi connectivity index (χ2v) is 17.6. The van der Waals surface area contributed by atoms with Crippen LogP contribution in [0.15, 0.2) is 0 Å². The van der Waals surface area contributed by atoms with Crippen LogP contribution in [0.3, 0.4) is 0 Å². The summed E-state index contributed by atoms with van der Waals surface area (Å²) in [5, 5.41) is 10.2.